The predicted octanol–water partition coefficient (Wildman–Crippen LogP) is 2.57. The maximum atomic E-state index is 7.00. The summed E-state index contributed by atoms with van der Waals surface area (Å²) >= 11 is 0. The third-order valence-electron chi connectivity index (χ3n) is 1.97. The van der Waals surface area contributed by atoms with Gasteiger partial charge in [0.1, 0.15) is 0 Å². The van der Waals surface area contributed by atoms with Crippen LogP contribution in [0, 0.1) is 6.42 Å². The molecule has 0 saturated carbocycles. The van der Waals surface area contributed by atoms with Crippen LogP contribution in [0.15, 0.2) is 47.6 Å². The quantitative estimate of drug-likeness (QED) is 0.762. The first-order valence-corrected chi connectivity index (χ1v) is 4.46. The maximum absolute atomic E-state index is 7.00. The SMILES string of the molecule is C1=CCC([CH-]C2=CC=CC2)=C1.CO.[Zr]. The fourth-order valence-electron chi connectivity index (χ4n) is 1.38. The summed E-state index contributed by atoms with van der Waals surface area (Å²) in [5.74, 6) is 0. The molecule has 0 amide bonds. The van der Waals surface area contributed by atoms with Gasteiger partial charge in [0, 0.05) is 33.3 Å². The van der Waals surface area contributed by atoms with Crippen molar-refractivity contribution < 1.29 is 31.3 Å². The molecule has 0 aliphatic heterocycles. The topological polar surface area (TPSA) is 20.2 Å². The van der Waals surface area contributed by atoms with Crippen LogP contribution in [0.1, 0.15) is 12.8 Å². The monoisotopic (exact) mass is 265 g/mol. The number of rotatable bonds is 2. The average Bonchev–Trinajstić information content (AvgIpc) is 2.81. The Morgan fingerprint density at radius 2 is 1.43 bits per heavy atom. The van der Waals surface area contributed by atoms with Crippen molar-refractivity contribution in [3.63, 3.8) is 0 Å². The van der Waals surface area contributed by atoms with E-state index in [4.69, 9.17) is 5.11 Å². The van der Waals surface area contributed by atoms with Gasteiger partial charge in [-0.05, 0) is 12.8 Å². The van der Waals surface area contributed by atoms with E-state index >= 15 is 0 Å². The van der Waals surface area contributed by atoms with E-state index in [1.807, 2.05) is 0 Å². The summed E-state index contributed by atoms with van der Waals surface area (Å²) in [6.07, 6.45) is 17.5. The summed E-state index contributed by atoms with van der Waals surface area (Å²) in [7, 11) is 1.00. The number of allylic oxidation sites excluding steroid dienone is 8. The van der Waals surface area contributed by atoms with Crippen LogP contribution in [0.2, 0.25) is 0 Å². The van der Waals surface area contributed by atoms with Crippen LogP contribution in [0.25, 0.3) is 0 Å². The van der Waals surface area contributed by atoms with Crippen LogP contribution in [0.5, 0.6) is 0 Å². The van der Waals surface area contributed by atoms with Crippen molar-refractivity contribution in [2.75, 3.05) is 7.11 Å². The van der Waals surface area contributed by atoms with E-state index in [0.29, 0.717) is 0 Å². The molecule has 14 heavy (non-hydrogen) atoms. The van der Waals surface area contributed by atoms with Gasteiger partial charge < -0.3 is 5.11 Å². The minimum atomic E-state index is 0. The van der Waals surface area contributed by atoms with Crippen molar-refractivity contribution in [3.05, 3.63) is 54.0 Å². The second kappa shape index (κ2) is 8.02. The van der Waals surface area contributed by atoms with E-state index in [9.17, 15) is 0 Å². The van der Waals surface area contributed by atoms with Crippen molar-refractivity contribution in [2.45, 2.75) is 12.8 Å². The third-order valence-corrected chi connectivity index (χ3v) is 1.97. The normalized spacial score (nSPS) is 16.4. The Labute approximate surface area is 105 Å². The molecule has 1 nitrogen and oxygen atoms in total. The zero-order valence-corrected chi connectivity index (χ0v) is 10.9. The Balaban J connectivity index is 0.000000531. The minimum absolute atomic E-state index is 0. The van der Waals surface area contributed by atoms with Gasteiger partial charge in [-0.1, -0.05) is 12.2 Å². The summed E-state index contributed by atoms with van der Waals surface area (Å²) in [6.45, 7) is 0. The zero-order valence-electron chi connectivity index (χ0n) is 8.40. The molecule has 0 heterocycles. The molecule has 1 N–H and O–H groups in total. The first-order chi connectivity index (χ1) is 6.45. The zero-order chi connectivity index (χ0) is 9.52. The van der Waals surface area contributed by atoms with Gasteiger partial charge in [-0.15, -0.1) is 12.2 Å². The Morgan fingerprint density at radius 3 is 1.71 bits per heavy atom. The molecule has 0 unspecified atom stereocenters. The first-order valence-electron chi connectivity index (χ1n) is 4.46. The van der Waals surface area contributed by atoms with Gasteiger partial charge in [-0.3, -0.25) is 0 Å². The van der Waals surface area contributed by atoms with Gasteiger partial charge >= 0.3 is 0 Å². The standard InChI is InChI=1S/C11H11.CH4O.Zr/c1-2-6-10(5-1)9-11-7-3-4-8-11;1-2;/h1-5,7,9H,6,8H2;2H,1H3;/q-1;;. The number of aliphatic hydroxyl groups is 1. The molecular weight excluding hydrogens is 251 g/mol. The van der Waals surface area contributed by atoms with Crippen molar-refractivity contribution in [1.29, 1.82) is 0 Å². The Morgan fingerprint density at radius 1 is 1.00 bits per heavy atom. The fraction of sp³-hybridized carbons (Fsp3) is 0.250. The molecule has 0 saturated heterocycles. The smallest absolute Gasteiger partial charge is 0.0319 e. The molecule has 74 valence electrons. The number of hydrogen-bond acceptors (Lipinski definition) is 1. The molecule has 0 bridgehead atoms. The minimum Gasteiger partial charge on any atom is -0.400 e. The molecule has 0 radical (unpaired) electrons. The molecule has 0 atom stereocenters. The fourth-order valence-corrected chi connectivity index (χ4v) is 1.38. The van der Waals surface area contributed by atoms with Crippen molar-refractivity contribution >= 4 is 0 Å². The van der Waals surface area contributed by atoms with Crippen LogP contribution in [-0.4, -0.2) is 12.2 Å². The van der Waals surface area contributed by atoms with E-state index in [1.165, 1.54) is 11.1 Å². The summed E-state index contributed by atoms with van der Waals surface area (Å²) < 4.78 is 0. The predicted molar refractivity (Wildman–Crippen MR) is 56.1 cm³/mol. The van der Waals surface area contributed by atoms with E-state index in [-0.39, 0.29) is 26.2 Å². The van der Waals surface area contributed by atoms with Gasteiger partial charge in [-0.25, -0.2) is 0 Å². The second-order valence-electron chi connectivity index (χ2n) is 2.89. The molecule has 0 aromatic rings. The maximum Gasteiger partial charge on any atom is 0.0319 e. The summed E-state index contributed by atoms with van der Waals surface area (Å²) in [4.78, 5) is 0. The molecule has 0 fully saturated rings. The first kappa shape index (κ1) is 13.7. The molecule has 2 rings (SSSR count). The van der Waals surface area contributed by atoms with Crippen LogP contribution in [0.3, 0.4) is 0 Å². The largest absolute Gasteiger partial charge is 0.400 e. The Bertz CT molecular complexity index is 244. The van der Waals surface area contributed by atoms with Gasteiger partial charge in [0.15, 0.2) is 0 Å². The molecule has 0 aromatic carbocycles. The van der Waals surface area contributed by atoms with Crippen molar-refractivity contribution in [1.82, 2.24) is 0 Å². The van der Waals surface area contributed by atoms with E-state index in [1.54, 1.807) is 0 Å². The van der Waals surface area contributed by atoms with Gasteiger partial charge in [0.05, 0.1) is 0 Å². The molecular formula is C12H15OZr-. The average molecular weight is 266 g/mol. The molecule has 0 aromatic heterocycles. The van der Waals surface area contributed by atoms with E-state index in [2.05, 4.69) is 42.9 Å². The van der Waals surface area contributed by atoms with E-state index < -0.39 is 0 Å². The van der Waals surface area contributed by atoms with E-state index in [0.717, 1.165) is 20.0 Å². The van der Waals surface area contributed by atoms with Crippen LogP contribution in [-0.2, 0) is 26.2 Å². The molecule has 2 aliphatic carbocycles. The second-order valence-corrected chi connectivity index (χ2v) is 2.89. The molecule has 2 aliphatic rings. The summed E-state index contributed by atoms with van der Waals surface area (Å²) in [5, 5.41) is 7.00. The van der Waals surface area contributed by atoms with Crippen LogP contribution < -0.4 is 0 Å². The van der Waals surface area contributed by atoms with Crippen molar-refractivity contribution in [3.8, 4) is 0 Å². The number of aliphatic hydroxyl groups excluding tert-OH is 1. The van der Waals surface area contributed by atoms with Crippen molar-refractivity contribution in [2.24, 2.45) is 0 Å². The Hall–Kier alpha value is -0.327. The van der Waals surface area contributed by atoms with Gasteiger partial charge in [0.2, 0.25) is 0 Å². The summed E-state index contributed by atoms with van der Waals surface area (Å²) in [5.41, 5.74) is 2.86. The molecule has 0 spiro atoms. The number of hydrogen-bond donors (Lipinski definition) is 1. The van der Waals surface area contributed by atoms with Crippen LogP contribution in [0.4, 0.5) is 0 Å². The summed E-state index contributed by atoms with van der Waals surface area (Å²) in [6, 6.07) is 0. The molecule has 2 heteroatoms. The Kier molecular flexibility index (Phi) is 7.83. The van der Waals surface area contributed by atoms with Crippen LogP contribution >= 0.6 is 0 Å². The third kappa shape index (κ3) is 4.26. The van der Waals surface area contributed by atoms with Gasteiger partial charge in [0.25, 0.3) is 0 Å². The van der Waals surface area contributed by atoms with Gasteiger partial charge in [-0.2, -0.15) is 29.7 Å².